The van der Waals surface area contributed by atoms with Crippen molar-refractivity contribution in [1.29, 1.82) is 5.26 Å². The van der Waals surface area contributed by atoms with Crippen LogP contribution in [0.5, 0.6) is 0 Å². The summed E-state index contributed by atoms with van der Waals surface area (Å²) in [5, 5.41) is 15.2. The van der Waals surface area contributed by atoms with Gasteiger partial charge in [0.05, 0.1) is 17.9 Å². The summed E-state index contributed by atoms with van der Waals surface area (Å²) >= 11 is 0. The van der Waals surface area contributed by atoms with Crippen LogP contribution in [0.3, 0.4) is 0 Å². The SMILES string of the molecule is COCCNc1cc(NC(=O)N2CCCc3cc(CN4CC[C@H](OC)C4=O)c(C=O)nc32)ncc1C#N. The second kappa shape index (κ2) is 11.8. The van der Waals surface area contributed by atoms with Crippen molar-refractivity contribution in [3.63, 3.8) is 0 Å². The lowest BCUT2D eigenvalue weighted by molar-refractivity contribution is -0.136. The Morgan fingerprint density at radius 1 is 1.32 bits per heavy atom. The summed E-state index contributed by atoms with van der Waals surface area (Å²) in [5.41, 5.74) is 2.53. The highest BCUT2D eigenvalue weighted by atomic mass is 16.5. The molecule has 12 heteroatoms. The Bertz CT molecular complexity index is 1230. The van der Waals surface area contributed by atoms with Crippen LogP contribution in [0.25, 0.3) is 0 Å². The molecular formula is C25H29N7O5. The molecule has 4 heterocycles. The van der Waals surface area contributed by atoms with E-state index >= 15 is 0 Å². The maximum Gasteiger partial charge on any atom is 0.328 e. The van der Waals surface area contributed by atoms with Crippen LogP contribution < -0.4 is 15.5 Å². The molecule has 0 aliphatic carbocycles. The molecule has 2 aliphatic heterocycles. The zero-order chi connectivity index (χ0) is 26.4. The molecule has 194 valence electrons. The molecular weight excluding hydrogens is 478 g/mol. The summed E-state index contributed by atoms with van der Waals surface area (Å²) in [6, 6.07) is 5.07. The number of pyridine rings is 2. The molecule has 0 radical (unpaired) electrons. The number of hydrogen-bond acceptors (Lipinski definition) is 9. The lowest BCUT2D eigenvalue weighted by Gasteiger charge is -2.29. The molecule has 2 aliphatic rings. The van der Waals surface area contributed by atoms with Gasteiger partial charge in [0.15, 0.2) is 6.29 Å². The number of rotatable bonds is 9. The number of fused-ring (bicyclic) bond motifs is 1. The minimum Gasteiger partial charge on any atom is -0.383 e. The number of hydrogen-bond donors (Lipinski definition) is 2. The molecule has 0 unspecified atom stereocenters. The van der Waals surface area contributed by atoms with E-state index in [4.69, 9.17) is 9.47 Å². The molecule has 1 atom stereocenters. The highest BCUT2D eigenvalue weighted by Gasteiger charge is 2.33. The van der Waals surface area contributed by atoms with Crippen molar-refractivity contribution in [3.8, 4) is 6.07 Å². The third-order valence-corrected chi connectivity index (χ3v) is 6.41. The molecule has 1 saturated heterocycles. The number of aromatic nitrogens is 2. The molecule has 0 bridgehead atoms. The number of likely N-dealkylation sites (tertiary alicyclic amines) is 1. The van der Waals surface area contributed by atoms with Gasteiger partial charge in [0.2, 0.25) is 0 Å². The van der Waals surface area contributed by atoms with Gasteiger partial charge >= 0.3 is 6.03 Å². The van der Waals surface area contributed by atoms with E-state index in [0.717, 1.165) is 5.56 Å². The number of aldehydes is 1. The number of ether oxygens (including phenoxy) is 2. The molecule has 0 spiro atoms. The Balaban J connectivity index is 1.53. The van der Waals surface area contributed by atoms with Crippen molar-refractivity contribution in [1.82, 2.24) is 14.9 Å². The monoisotopic (exact) mass is 507 g/mol. The van der Waals surface area contributed by atoms with Gasteiger partial charge < -0.3 is 19.7 Å². The number of aryl methyl sites for hydroxylation is 1. The zero-order valence-corrected chi connectivity index (χ0v) is 20.8. The Labute approximate surface area is 214 Å². The molecule has 1 fully saturated rings. The van der Waals surface area contributed by atoms with Gasteiger partial charge in [0.25, 0.3) is 5.91 Å². The first-order valence-electron chi connectivity index (χ1n) is 12.0. The summed E-state index contributed by atoms with van der Waals surface area (Å²) in [7, 11) is 3.09. The number of nitriles is 1. The lowest BCUT2D eigenvalue weighted by Crippen LogP contribution is -2.40. The normalized spacial score (nSPS) is 16.8. The van der Waals surface area contributed by atoms with Crippen LogP contribution in [-0.2, 0) is 27.2 Å². The largest absolute Gasteiger partial charge is 0.383 e. The fourth-order valence-electron chi connectivity index (χ4n) is 4.50. The standard InChI is InChI=1S/C25H29N7O5/c1-36-9-6-27-19-11-22(28-13-18(19)12-26)30-25(35)32-7-3-4-16-10-17(20(15-33)29-23(16)32)14-31-8-5-21(37-2)24(31)34/h10-11,13,15,21H,3-9,14H2,1-2H3,(H2,27,28,30,35)/t21-/m0/s1. The second-order valence-electron chi connectivity index (χ2n) is 8.74. The average Bonchev–Trinajstić information content (AvgIpc) is 3.26. The van der Waals surface area contributed by atoms with Gasteiger partial charge in [-0.25, -0.2) is 14.8 Å². The van der Waals surface area contributed by atoms with Gasteiger partial charge in [-0.2, -0.15) is 5.26 Å². The van der Waals surface area contributed by atoms with Crippen molar-refractivity contribution in [2.24, 2.45) is 0 Å². The second-order valence-corrected chi connectivity index (χ2v) is 8.74. The molecule has 12 nitrogen and oxygen atoms in total. The summed E-state index contributed by atoms with van der Waals surface area (Å²) < 4.78 is 10.2. The fraction of sp³-hybridized carbons (Fsp3) is 0.440. The first kappa shape index (κ1) is 26.0. The minimum absolute atomic E-state index is 0.107. The van der Waals surface area contributed by atoms with E-state index < -0.39 is 12.1 Å². The van der Waals surface area contributed by atoms with Gasteiger partial charge in [-0.3, -0.25) is 19.8 Å². The molecule has 0 aromatic carbocycles. The number of carbonyl (C=O) groups is 3. The number of nitrogens with zero attached hydrogens (tertiary/aromatic N) is 5. The van der Waals surface area contributed by atoms with Crippen molar-refractivity contribution >= 4 is 35.5 Å². The van der Waals surface area contributed by atoms with Crippen molar-refractivity contribution in [3.05, 3.63) is 40.7 Å². The Hall–Kier alpha value is -4.08. The quantitative estimate of drug-likeness (QED) is 0.383. The molecule has 2 N–H and O–H groups in total. The Kier molecular flexibility index (Phi) is 8.27. The van der Waals surface area contributed by atoms with Crippen LogP contribution in [0, 0.1) is 11.3 Å². The first-order valence-corrected chi connectivity index (χ1v) is 12.0. The van der Waals surface area contributed by atoms with E-state index in [1.54, 1.807) is 18.1 Å². The molecule has 2 aromatic rings. The van der Waals surface area contributed by atoms with Crippen LogP contribution in [-0.4, -0.2) is 79.7 Å². The smallest absolute Gasteiger partial charge is 0.328 e. The summed E-state index contributed by atoms with van der Waals surface area (Å²) in [6.07, 6.45) is 3.57. The molecule has 3 amide bonds. The Morgan fingerprint density at radius 3 is 2.86 bits per heavy atom. The van der Waals surface area contributed by atoms with Gasteiger partial charge in [-0.1, -0.05) is 0 Å². The highest BCUT2D eigenvalue weighted by molar-refractivity contribution is 6.02. The van der Waals surface area contributed by atoms with E-state index in [0.29, 0.717) is 74.4 Å². The van der Waals surface area contributed by atoms with E-state index in [2.05, 4.69) is 26.7 Å². The third kappa shape index (κ3) is 5.68. The van der Waals surface area contributed by atoms with E-state index in [9.17, 15) is 19.6 Å². The van der Waals surface area contributed by atoms with E-state index in [-0.39, 0.29) is 24.0 Å². The van der Waals surface area contributed by atoms with Crippen LogP contribution in [0.4, 0.5) is 22.1 Å². The molecule has 4 rings (SSSR count). The van der Waals surface area contributed by atoms with Gasteiger partial charge in [0.1, 0.15) is 29.5 Å². The maximum atomic E-state index is 13.2. The number of amides is 3. The van der Waals surface area contributed by atoms with Gasteiger partial charge in [0, 0.05) is 64.6 Å². The van der Waals surface area contributed by atoms with Crippen LogP contribution in [0.1, 0.15) is 40.0 Å². The number of nitrogens with one attached hydrogen (secondary N) is 2. The predicted octanol–water partition coefficient (Wildman–Crippen LogP) is 1.95. The first-order chi connectivity index (χ1) is 18.0. The summed E-state index contributed by atoms with van der Waals surface area (Å²) in [5.74, 6) is 0.566. The molecule has 0 saturated carbocycles. The zero-order valence-electron chi connectivity index (χ0n) is 20.8. The van der Waals surface area contributed by atoms with Crippen LogP contribution in [0.15, 0.2) is 18.3 Å². The van der Waals surface area contributed by atoms with Gasteiger partial charge in [-0.05, 0) is 24.5 Å². The summed E-state index contributed by atoms with van der Waals surface area (Å²) in [4.78, 5) is 49.4. The van der Waals surface area contributed by atoms with Crippen molar-refractivity contribution < 1.29 is 23.9 Å². The topological polar surface area (TPSA) is 150 Å². The highest BCUT2D eigenvalue weighted by Crippen LogP contribution is 2.29. The molecule has 37 heavy (non-hydrogen) atoms. The van der Waals surface area contributed by atoms with E-state index in [1.165, 1.54) is 18.2 Å². The number of methoxy groups -OCH3 is 2. The van der Waals surface area contributed by atoms with Crippen molar-refractivity contribution in [2.45, 2.75) is 31.9 Å². The minimum atomic E-state index is -0.462. The average molecular weight is 508 g/mol. The van der Waals surface area contributed by atoms with Gasteiger partial charge in [-0.15, -0.1) is 0 Å². The van der Waals surface area contributed by atoms with Crippen LogP contribution >= 0.6 is 0 Å². The third-order valence-electron chi connectivity index (χ3n) is 6.41. The van der Waals surface area contributed by atoms with E-state index in [1.807, 2.05) is 6.07 Å². The number of carbonyl (C=O) groups excluding carboxylic acids is 3. The van der Waals surface area contributed by atoms with Crippen molar-refractivity contribution in [2.75, 3.05) is 56.0 Å². The molecule has 2 aromatic heterocycles. The number of urea groups is 1. The Morgan fingerprint density at radius 2 is 2.16 bits per heavy atom. The fourth-order valence-corrected chi connectivity index (χ4v) is 4.50. The number of anilines is 3. The maximum absolute atomic E-state index is 13.2. The van der Waals surface area contributed by atoms with Crippen LogP contribution in [0.2, 0.25) is 0 Å². The lowest BCUT2D eigenvalue weighted by atomic mass is 10.0. The summed E-state index contributed by atoms with van der Waals surface area (Å²) in [6.45, 7) is 2.15. The predicted molar refractivity (Wildman–Crippen MR) is 134 cm³/mol.